The van der Waals surface area contributed by atoms with Crippen LogP contribution in [0.3, 0.4) is 0 Å². The van der Waals surface area contributed by atoms with E-state index < -0.39 is 5.91 Å². The van der Waals surface area contributed by atoms with E-state index in [4.69, 9.17) is 9.47 Å². The summed E-state index contributed by atoms with van der Waals surface area (Å²) < 4.78 is 10.8. The van der Waals surface area contributed by atoms with Crippen molar-refractivity contribution >= 4 is 23.6 Å². The van der Waals surface area contributed by atoms with Gasteiger partial charge in [-0.25, -0.2) is 0 Å². The first-order chi connectivity index (χ1) is 15.0. The summed E-state index contributed by atoms with van der Waals surface area (Å²) in [6.07, 6.45) is 1.52. The standard InChI is InChI=1S/C24H25N3O4/c1-17-3-4-18(2)22(13-17)26-24(29)20(15-25)14-19-5-7-21(8-6-19)31-16-23(28)27-9-11-30-12-10-27/h3-8,13-14H,9-12,16H2,1-2H3,(H,26,29)/b20-14-. The number of nitrogens with zero attached hydrogens (tertiary/aromatic N) is 2. The van der Waals surface area contributed by atoms with Crippen LogP contribution in [-0.2, 0) is 14.3 Å². The maximum Gasteiger partial charge on any atom is 0.266 e. The number of amides is 2. The fraction of sp³-hybridized carbons (Fsp3) is 0.292. The van der Waals surface area contributed by atoms with Crippen molar-refractivity contribution in [3.8, 4) is 11.8 Å². The summed E-state index contributed by atoms with van der Waals surface area (Å²) >= 11 is 0. The first-order valence-electron chi connectivity index (χ1n) is 10.0. The van der Waals surface area contributed by atoms with Gasteiger partial charge in [0.25, 0.3) is 11.8 Å². The molecule has 2 aromatic carbocycles. The van der Waals surface area contributed by atoms with Crippen LogP contribution in [0.5, 0.6) is 5.75 Å². The lowest BCUT2D eigenvalue weighted by Crippen LogP contribution is -2.42. The van der Waals surface area contributed by atoms with E-state index in [-0.39, 0.29) is 18.1 Å². The number of aryl methyl sites for hydroxylation is 2. The lowest BCUT2D eigenvalue weighted by molar-refractivity contribution is -0.137. The van der Waals surface area contributed by atoms with Crippen LogP contribution in [0.25, 0.3) is 6.08 Å². The maximum absolute atomic E-state index is 12.5. The largest absolute Gasteiger partial charge is 0.484 e. The van der Waals surface area contributed by atoms with Gasteiger partial charge in [0.2, 0.25) is 0 Å². The van der Waals surface area contributed by atoms with Crippen molar-refractivity contribution < 1.29 is 19.1 Å². The first-order valence-corrected chi connectivity index (χ1v) is 10.0. The summed E-state index contributed by atoms with van der Waals surface area (Å²) in [7, 11) is 0. The summed E-state index contributed by atoms with van der Waals surface area (Å²) in [5, 5.41) is 12.2. The third-order valence-corrected chi connectivity index (χ3v) is 4.92. The fourth-order valence-electron chi connectivity index (χ4n) is 3.08. The second kappa shape index (κ2) is 10.4. The van der Waals surface area contributed by atoms with Crippen molar-refractivity contribution in [2.75, 3.05) is 38.2 Å². The van der Waals surface area contributed by atoms with Crippen molar-refractivity contribution in [1.82, 2.24) is 4.90 Å². The first kappa shape index (κ1) is 22.1. The van der Waals surface area contributed by atoms with Gasteiger partial charge in [-0.1, -0.05) is 24.3 Å². The van der Waals surface area contributed by atoms with E-state index in [0.717, 1.165) is 11.1 Å². The number of carbonyl (C=O) groups excluding carboxylic acids is 2. The topological polar surface area (TPSA) is 91.7 Å². The van der Waals surface area contributed by atoms with Gasteiger partial charge in [0, 0.05) is 18.8 Å². The van der Waals surface area contributed by atoms with Crippen LogP contribution in [0, 0.1) is 25.2 Å². The molecule has 1 fully saturated rings. The Kier molecular flexibility index (Phi) is 7.41. The molecule has 0 radical (unpaired) electrons. The van der Waals surface area contributed by atoms with Crippen molar-refractivity contribution in [2.24, 2.45) is 0 Å². The molecule has 0 saturated carbocycles. The van der Waals surface area contributed by atoms with E-state index in [2.05, 4.69) is 5.32 Å². The molecule has 3 rings (SSSR count). The third kappa shape index (κ3) is 6.17. The van der Waals surface area contributed by atoms with E-state index in [0.29, 0.717) is 43.3 Å². The molecule has 2 aromatic rings. The lowest BCUT2D eigenvalue weighted by Gasteiger charge is -2.26. The van der Waals surface area contributed by atoms with Gasteiger partial charge < -0.3 is 19.7 Å². The molecule has 2 amide bonds. The minimum atomic E-state index is -0.465. The van der Waals surface area contributed by atoms with Gasteiger partial charge in [0.15, 0.2) is 6.61 Å². The lowest BCUT2D eigenvalue weighted by atomic mass is 10.1. The van der Waals surface area contributed by atoms with Crippen LogP contribution in [-0.4, -0.2) is 49.6 Å². The Bertz CT molecular complexity index is 1020. The highest BCUT2D eigenvalue weighted by atomic mass is 16.5. The van der Waals surface area contributed by atoms with E-state index in [9.17, 15) is 14.9 Å². The summed E-state index contributed by atoms with van der Waals surface area (Å²) in [4.78, 5) is 26.4. The third-order valence-electron chi connectivity index (χ3n) is 4.92. The normalized spacial score (nSPS) is 14.0. The minimum Gasteiger partial charge on any atom is -0.484 e. The van der Waals surface area contributed by atoms with Crippen LogP contribution in [0.4, 0.5) is 5.69 Å². The Labute approximate surface area is 181 Å². The summed E-state index contributed by atoms with van der Waals surface area (Å²) in [6.45, 7) is 6.04. The predicted octanol–water partition coefficient (Wildman–Crippen LogP) is 3.09. The number of hydrogen-bond acceptors (Lipinski definition) is 5. The zero-order chi connectivity index (χ0) is 22.2. The fourth-order valence-corrected chi connectivity index (χ4v) is 3.08. The average Bonchev–Trinajstić information content (AvgIpc) is 2.79. The van der Waals surface area contributed by atoms with Gasteiger partial charge in [0.1, 0.15) is 17.4 Å². The van der Waals surface area contributed by atoms with Crippen LogP contribution in [0.15, 0.2) is 48.0 Å². The molecule has 0 unspecified atom stereocenters. The van der Waals surface area contributed by atoms with Crippen LogP contribution in [0.1, 0.15) is 16.7 Å². The molecular weight excluding hydrogens is 394 g/mol. The van der Waals surface area contributed by atoms with E-state index in [1.165, 1.54) is 6.08 Å². The number of nitrogens with one attached hydrogen (secondary N) is 1. The van der Waals surface area contributed by atoms with Gasteiger partial charge in [-0.05, 0) is 54.8 Å². The van der Waals surface area contributed by atoms with Gasteiger partial charge in [0.05, 0.1) is 13.2 Å². The molecule has 1 heterocycles. The molecule has 7 heteroatoms. The van der Waals surface area contributed by atoms with Gasteiger partial charge in [-0.3, -0.25) is 9.59 Å². The highest BCUT2D eigenvalue weighted by molar-refractivity contribution is 6.10. The number of morpholine rings is 1. The number of hydrogen-bond donors (Lipinski definition) is 1. The molecule has 160 valence electrons. The molecule has 1 N–H and O–H groups in total. The molecule has 0 spiro atoms. The van der Waals surface area contributed by atoms with Crippen LogP contribution in [0.2, 0.25) is 0 Å². The zero-order valence-corrected chi connectivity index (χ0v) is 17.7. The minimum absolute atomic E-state index is 0.00271. The maximum atomic E-state index is 12.5. The molecule has 0 aliphatic carbocycles. The highest BCUT2D eigenvalue weighted by Crippen LogP contribution is 2.19. The quantitative estimate of drug-likeness (QED) is 0.574. The molecule has 1 saturated heterocycles. The van der Waals surface area contributed by atoms with E-state index >= 15 is 0 Å². The van der Waals surface area contributed by atoms with Crippen molar-refractivity contribution in [3.63, 3.8) is 0 Å². The second-order valence-corrected chi connectivity index (χ2v) is 7.29. The van der Waals surface area contributed by atoms with E-state index in [1.54, 1.807) is 29.2 Å². The van der Waals surface area contributed by atoms with Gasteiger partial charge in [-0.2, -0.15) is 5.26 Å². The average molecular weight is 419 g/mol. The smallest absolute Gasteiger partial charge is 0.266 e. The molecule has 1 aliphatic heterocycles. The van der Waals surface area contributed by atoms with Gasteiger partial charge >= 0.3 is 0 Å². The van der Waals surface area contributed by atoms with Crippen LogP contribution < -0.4 is 10.1 Å². The highest BCUT2D eigenvalue weighted by Gasteiger charge is 2.17. The number of carbonyl (C=O) groups is 2. The summed E-state index contributed by atoms with van der Waals surface area (Å²) in [6, 6.07) is 14.6. The molecule has 0 atom stereocenters. The molecule has 0 bridgehead atoms. The molecule has 31 heavy (non-hydrogen) atoms. The Balaban J connectivity index is 1.60. The number of ether oxygens (including phenoxy) is 2. The SMILES string of the molecule is Cc1ccc(C)c(NC(=O)/C(C#N)=C\c2ccc(OCC(=O)N3CCOCC3)cc2)c1. The van der Waals surface area contributed by atoms with Crippen LogP contribution >= 0.6 is 0 Å². The zero-order valence-electron chi connectivity index (χ0n) is 17.7. The summed E-state index contributed by atoms with van der Waals surface area (Å²) in [5.41, 5.74) is 3.30. The molecule has 7 nitrogen and oxygen atoms in total. The Morgan fingerprint density at radius 2 is 1.87 bits per heavy atom. The molecular formula is C24H25N3O4. The number of anilines is 1. The van der Waals surface area contributed by atoms with Crippen molar-refractivity contribution in [1.29, 1.82) is 5.26 Å². The number of nitriles is 1. The molecule has 0 aromatic heterocycles. The second-order valence-electron chi connectivity index (χ2n) is 7.29. The Morgan fingerprint density at radius 1 is 1.16 bits per heavy atom. The van der Waals surface area contributed by atoms with Crippen molar-refractivity contribution in [3.05, 3.63) is 64.7 Å². The van der Waals surface area contributed by atoms with E-state index in [1.807, 2.05) is 38.1 Å². The predicted molar refractivity (Wildman–Crippen MR) is 117 cm³/mol. The van der Waals surface area contributed by atoms with Gasteiger partial charge in [-0.15, -0.1) is 0 Å². The molecule has 1 aliphatic rings. The Morgan fingerprint density at radius 3 is 2.55 bits per heavy atom. The Hall–Kier alpha value is -3.63. The van der Waals surface area contributed by atoms with Crippen molar-refractivity contribution in [2.45, 2.75) is 13.8 Å². The number of rotatable bonds is 6. The number of benzene rings is 2. The summed E-state index contributed by atoms with van der Waals surface area (Å²) in [5.74, 6) is -0.00751. The monoisotopic (exact) mass is 419 g/mol.